The second kappa shape index (κ2) is 4.77. The maximum Gasteiger partial charge on any atom is 0.417 e. The first-order valence-electron chi connectivity index (χ1n) is 5.58. The largest absolute Gasteiger partial charge is 0.453 e. The van der Waals surface area contributed by atoms with Gasteiger partial charge in [-0.2, -0.15) is 0 Å². The highest BCUT2D eigenvalue weighted by Crippen LogP contribution is 2.35. The molecule has 0 atom stereocenters. The van der Waals surface area contributed by atoms with Crippen LogP contribution in [0.2, 0.25) is 10.0 Å². The number of nitrogen functional groups attached to an aromatic ring is 1. The molecule has 3 rings (SSSR count). The number of nitrogens with two attached hydrogens (primary N) is 1. The van der Waals surface area contributed by atoms with Crippen LogP contribution < -0.4 is 16.2 Å². The first-order valence-corrected chi connectivity index (χ1v) is 6.34. The van der Waals surface area contributed by atoms with Gasteiger partial charge in [0.1, 0.15) is 5.75 Å². The second-order valence-corrected chi connectivity index (χ2v) is 4.92. The molecule has 0 aliphatic heterocycles. The summed E-state index contributed by atoms with van der Waals surface area (Å²) in [6.45, 7) is 0. The molecule has 1 heterocycles. The van der Waals surface area contributed by atoms with Crippen molar-refractivity contribution in [3.8, 4) is 11.5 Å². The Morgan fingerprint density at radius 2 is 1.95 bits per heavy atom. The maximum absolute atomic E-state index is 11.1. The van der Waals surface area contributed by atoms with Gasteiger partial charge in [-0.05, 0) is 12.1 Å². The Balaban J connectivity index is 2.07. The van der Waals surface area contributed by atoms with Crippen molar-refractivity contribution in [2.75, 3.05) is 5.73 Å². The molecule has 0 bridgehead atoms. The number of hydrogen-bond donors (Lipinski definition) is 2. The number of nitrogens with one attached hydrogen (secondary N) is 1. The number of aromatic nitrogens is 1. The molecule has 1 aromatic heterocycles. The van der Waals surface area contributed by atoms with Gasteiger partial charge in [-0.15, -0.1) is 0 Å². The number of H-pyrrole nitrogens is 1. The quantitative estimate of drug-likeness (QED) is 0.705. The Hall–Kier alpha value is -2.11. The molecular formula is C13H8Cl2N2O3. The highest BCUT2D eigenvalue weighted by Gasteiger charge is 2.11. The fourth-order valence-corrected chi connectivity index (χ4v) is 2.07. The molecule has 0 saturated heterocycles. The van der Waals surface area contributed by atoms with E-state index in [-0.39, 0.29) is 0 Å². The zero-order valence-corrected chi connectivity index (χ0v) is 11.5. The Morgan fingerprint density at radius 1 is 1.15 bits per heavy atom. The van der Waals surface area contributed by atoms with Gasteiger partial charge in [0.2, 0.25) is 0 Å². The summed E-state index contributed by atoms with van der Waals surface area (Å²) < 4.78 is 10.5. The van der Waals surface area contributed by atoms with Crippen LogP contribution in [-0.4, -0.2) is 4.98 Å². The third-order valence-electron chi connectivity index (χ3n) is 2.66. The van der Waals surface area contributed by atoms with E-state index in [1.54, 1.807) is 24.3 Å². The van der Waals surface area contributed by atoms with Crippen molar-refractivity contribution in [2.45, 2.75) is 0 Å². The van der Waals surface area contributed by atoms with E-state index in [4.69, 9.17) is 38.1 Å². The van der Waals surface area contributed by atoms with Crippen molar-refractivity contribution in [1.82, 2.24) is 4.98 Å². The molecule has 7 heteroatoms. The molecular weight excluding hydrogens is 303 g/mol. The van der Waals surface area contributed by atoms with E-state index in [0.717, 1.165) is 0 Å². The third-order valence-corrected chi connectivity index (χ3v) is 3.21. The van der Waals surface area contributed by atoms with Gasteiger partial charge in [0.15, 0.2) is 11.3 Å². The summed E-state index contributed by atoms with van der Waals surface area (Å²) in [5.74, 6) is 0.159. The fraction of sp³-hybridized carbons (Fsp3) is 0. The number of ether oxygens (including phenoxy) is 1. The number of halogens is 2. The van der Waals surface area contributed by atoms with Crippen LogP contribution in [-0.2, 0) is 0 Å². The third kappa shape index (κ3) is 2.33. The topological polar surface area (TPSA) is 81.2 Å². The van der Waals surface area contributed by atoms with Gasteiger partial charge in [-0.3, -0.25) is 4.98 Å². The summed E-state index contributed by atoms with van der Waals surface area (Å²) in [7, 11) is 0. The summed E-state index contributed by atoms with van der Waals surface area (Å²) in [5.41, 5.74) is 7.01. The van der Waals surface area contributed by atoms with E-state index in [9.17, 15) is 4.79 Å². The van der Waals surface area contributed by atoms with E-state index in [1.165, 1.54) is 6.07 Å². The smallest absolute Gasteiger partial charge is 0.417 e. The van der Waals surface area contributed by atoms with E-state index in [0.29, 0.717) is 38.3 Å². The van der Waals surface area contributed by atoms with Gasteiger partial charge < -0.3 is 14.9 Å². The molecule has 0 radical (unpaired) electrons. The molecule has 102 valence electrons. The highest BCUT2D eigenvalue weighted by atomic mass is 35.5. The van der Waals surface area contributed by atoms with Gasteiger partial charge in [0.05, 0.1) is 16.2 Å². The number of oxazole rings is 1. The number of fused-ring (bicyclic) bond motifs is 1. The lowest BCUT2D eigenvalue weighted by atomic mass is 10.2. The van der Waals surface area contributed by atoms with Crippen LogP contribution in [0.3, 0.4) is 0 Å². The first kappa shape index (κ1) is 12.9. The number of anilines is 1. The number of benzene rings is 2. The Bertz CT molecular complexity index is 854. The molecule has 0 unspecified atom stereocenters. The van der Waals surface area contributed by atoms with Gasteiger partial charge >= 0.3 is 5.76 Å². The van der Waals surface area contributed by atoms with E-state index >= 15 is 0 Å². The van der Waals surface area contributed by atoms with Crippen molar-refractivity contribution in [3.63, 3.8) is 0 Å². The van der Waals surface area contributed by atoms with Gasteiger partial charge in [-0.1, -0.05) is 23.2 Å². The van der Waals surface area contributed by atoms with E-state index < -0.39 is 5.76 Å². The monoisotopic (exact) mass is 310 g/mol. The van der Waals surface area contributed by atoms with Crippen LogP contribution >= 0.6 is 23.2 Å². The molecule has 0 fully saturated rings. The molecule has 3 N–H and O–H groups in total. The summed E-state index contributed by atoms with van der Waals surface area (Å²) in [6.07, 6.45) is 0. The highest BCUT2D eigenvalue weighted by molar-refractivity contribution is 6.34. The molecule has 0 aliphatic rings. The number of rotatable bonds is 2. The van der Waals surface area contributed by atoms with Gasteiger partial charge in [0, 0.05) is 23.2 Å². The molecule has 5 nitrogen and oxygen atoms in total. The van der Waals surface area contributed by atoms with Crippen molar-refractivity contribution in [1.29, 1.82) is 0 Å². The van der Waals surface area contributed by atoms with Crippen molar-refractivity contribution < 1.29 is 9.15 Å². The minimum absolute atomic E-state index is 0.316. The molecule has 3 aromatic rings. The van der Waals surface area contributed by atoms with Crippen LogP contribution in [0.5, 0.6) is 11.5 Å². The first-order chi connectivity index (χ1) is 9.52. The zero-order chi connectivity index (χ0) is 14.3. The molecule has 2 aromatic carbocycles. The predicted octanol–water partition coefficient (Wildman–Crippen LogP) is 3.80. The standard InChI is InChI=1S/C13H8Cl2N2O3/c14-6-1-2-7(15)10(3-6)19-11-5-9-12(4-8(11)16)20-13(18)17-9/h1-5H,16H2,(H,17,18). The lowest BCUT2D eigenvalue weighted by Crippen LogP contribution is -1.94. The average Bonchev–Trinajstić information content (AvgIpc) is 2.73. The molecule has 0 aliphatic carbocycles. The van der Waals surface area contributed by atoms with Crippen molar-refractivity contribution in [2.24, 2.45) is 0 Å². The average molecular weight is 311 g/mol. The normalized spacial score (nSPS) is 10.9. The van der Waals surface area contributed by atoms with Crippen LogP contribution in [0.4, 0.5) is 5.69 Å². The summed E-state index contributed by atoms with van der Waals surface area (Å²) >= 11 is 11.9. The number of hydrogen-bond acceptors (Lipinski definition) is 4. The van der Waals surface area contributed by atoms with E-state index in [2.05, 4.69) is 4.98 Å². The summed E-state index contributed by atoms with van der Waals surface area (Å²) in [4.78, 5) is 13.6. The summed E-state index contributed by atoms with van der Waals surface area (Å²) in [6, 6.07) is 7.91. The molecule has 0 amide bonds. The van der Waals surface area contributed by atoms with E-state index in [1.807, 2.05) is 0 Å². The van der Waals surface area contributed by atoms with Crippen LogP contribution in [0.1, 0.15) is 0 Å². The fourth-order valence-electron chi connectivity index (χ4n) is 1.76. The zero-order valence-electron chi connectivity index (χ0n) is 9.94. The Kier molecular flexibility index (Phi) is 3.08. The Morgan fingerprint density at radius 3 is 2.75 bits per heavy atom. The molecule has 0 spiro atoms. The minimum Gasteiger partial charge on any atom is -0.453 e. The minimum atomic E-state index is -0.558. The Labute approximate surface area is 122 Å². The van der Waals surface area contributed by atoms with Crippen molar-refractivity contribution >= 4 is 40.0 Å². The lowest BCUT2D eigenvalue weighted by molar-refractivity contribution is 0.485. The molecule has 0 saturated carbocycles. The predicted molar refractivity (Wildman–Crippen MR) is 77.8 cm³/mol. The van der Waals surface area contributed by atoms with Crippen LogP contribution in [0.25, 0.3) is 11.1 Å². The molecule has 20 heavy (non-hydrogen) atoms. The van der Waals surface area contributed by atoms with Crippen LogP contribution in [0.15, 0.2) is 39.5 Å². The van der Waals surface area contributed by atoms with Crippen molar-refractivity contribution in [3.05, 3.63) is 50.9 Å². The lowest BCUT2D eigenvalue weighted by Gasteiger charge is -2.10. The second-order valence-electron chi connectivity index (χ2n) is 4.08. The SMILES string of the molecule is Nc1cc2oc(=O)[nH]c2cc1Oc1cc(Cl)ccc1Cl. The van der Waals surface area contributed by atoms with Gasteiger partial charge in [-0.25, -0.2) is 4.79 Å². The van der Waals surface area contributed by atoms with Gasteiger partial charge in [0.25, 0.3) is 0 Å². The number of aromatic amines is 1. The maximum atomic E-state index is 11.1. The summed E-state index contributed by atoms with van der Waals surface area (Å²) in [5, 5.41) is 0.885. The van der Waals surface area contributed by atoms with Crippen LogP contribution in [0, 0.1) is 0 Å².